The van der Waals surface area contributed by atoms with Crippen molar-refractivity contribution < 1.29 is 13.2 Å². The Morgan fingerprint density at radius 3 is 2.71 bits per heavy atom. The molecule has 1 unspecified atom stereocenters. The minimum absolute atomic E-state index is 0.120. The van der Waals surface area contributed by atoms with Crippen LogP contribution in [0.25, 0.3) is 0 Å². The minimum Gasteiger partial charge on any atom is -0.316 e. The van der Waals surface area contributed by atoms with Crippen molar-refractivity contribution in [3.63, 3.8) is 0 Å². The maximum Gasteiger partial charge on any atom is 0.147 e. The van der Waals surface area contributed by atoms with Crippen LogP contribution in [0.1, 0.15) is 19.3 Å². The molecule has 1 saturated heterocycles. The number of carbonyl (C=O) groups is 1. The molecule has 0 radical (unpaired) electrons. The summed E-state index contributed by atoms with van der Waals surface area (Å²) >= 11 is 0. The zero-order chi connectivity index (χ0) is 10.6. The molecule has 0 aliphatic carbocycles. The molecule has 14 heavy (non-hydrogen) atoms. The van der Waals surface area contributed by atoms with Gasteiger partial charge < -0.3 is 5.32 Å². The SMILES string of the molecule is CS(=O)(=O)CCCC(=O)C1CCNC1. The van der Waals surface area contributed by atoms with Crippen molar-refractivity contribution in [1.82, 2.24) is 5.32 Å². The quantitative estimate of drug-likeness (QED) is 0.706. The Labute approximate surface area is 85.0 Å². The highest BCUT2D eigenvalue weighted by molar-refractivity contribution is 7.90. The minimum atomic E-state index is -2.91. The highest BCUT2D eigenvalue weighted by atomic mass is 32.2. The van der Waals surface area contributed by atoms with Gasteiger partial charge in [0.1, 0.15) is 15.6 Å². The van der Waals surface area contributed by atoms with Crippen molar-refractivity contribution in [2.45, 2.75) is 19.3 Å². The summed E-state index contributed by atoms with van der Waals surface area (Å²) in [6.45, 7) is 1.67. The average molecular weight is 219 g/mol. The van der Waals surface area contributed by atoms with E-state index in [1.165, 1.54) is 6.26 Å². The van der Waals surface area contributed by atoms with Gasteiger partial charge in [-0.25, -0.2) is 8.42 Å². The van der Waals surface area contributed by atoms with Gasteiger partial charge in [-0.2, -0.15) is 0 Å². The predicted molar refractivity (Wildman–Crippen MR) is 54.9 cm³/mol. The Hall–Kier alpha value is -0.420. The molecule has 1 fully saturated rings. The summed E-state index contributed by atoms with van der Waals surface area (Å²) in [6, 6.07) is 0. The Morgan fingerprint density at radius 2 is 2.21 bits per heavy atom. The molecule has 1 aliphatic heterocycles. The van der Waals surface area contributed by atoms with Crippen molar-refractivity contribution in [3.05, 3.63) is 0 Å². The van der Waals surface area contributed by atoms with Crippen LogP contribution < -0.4 is 5.32 Å². The van der Waals surface area contributed by atoms with Crippen LogP contribution in [-0.4, -0.2) is 39.3 Å². The van der Waals surface area contributed by atoms with Crippen LogP contribution in [0.2, 0.25) is 0 Å². The molecule has 1 aliphatic rings. The van der Waals surface area contributed by atoms with Gasteiger partial charge in [0, 0.05) is 25.1 Å². The zero-order valence-corrected chi connectivity index (χ0v) is 9.27. The van der Waals surface area contributed by atoms with Crippen molar-refractivity contribution >= 4 is 15.6 Å². The monoisotopic (exact) mass is 219 g/mol. The van der Waals surface area contributed by atoms with Crippen LogP contribution in [0.4, 0.5) is 0 Å². The fourth-order valence-electron chi connectivity index (χ4n) is 1.64. The fourth-order valence-corrected chi connectivity index (χ4v) is 2.31. The molecule has 1 atom stereocenters. The van der Waals surface area contributed by atoms with Gasteiger partial charge in [-0.1, -0.05) is 0 Å². The lowest BCUT2D eigenvalue weighted by atomic mass is 10.0. The van der Waals surface area contributed by atoms with E-state index < -0.39 is 9.84 Å². The number of rotatable bonds is 5. The molecule has 5 heteroatoms. The summed E-state index contributed by atoms with van der Waals surface area (Å²) in [7, 11) is -2.91. The lowest BCUT2D eigenvalue weighted by Crippen LogP contribution is -2.18. The molecule has 0 aromatic rings. The number of hydrogen-bond acceptors (Lipinski definition) is 4. The van der Waals surface area contributed by atoms with Gasteiger partial charge in [0.05, 0.1) is 5.75 Å². The number of sulfone groups is 1. The second kappa shape index (κ2) is 4.89. The molecule has 0 amide bonds. The standard InChI is InChI=1S/C9H17NO3S/c1-14(12,13)6-2-3-9(11)8-4-5-10-7-8/h8,10H,2-7H2,1H3. The fraction of sp³-hybridized carbons (Fsp3) is 0.889. The molecule has 1 N–H and O–H groups in total. The van der Waals surface area contributed by atoms with E-state index in [-0.39, 0.29) is 17.5 Å². The van der Waals surface area contributed by atoms with E-state index in [1.807, 2.05) is 0 Å². The van der Waals surface area contributed by atoms with Crippen LogP contribution >= 0.6 is 0 Å². The van der Waals surface area contributed by atoms with Crippen molar-refractivity contribution in [2.75, 3.05) is 25.1 Å². The molecule has 0 saturated carbocycles. The van der Waals surface area contributed by atoms with Gasteiger partial charge in [0.15, 0.2) is 0 Å². The lowest BCUT2D eigenvalue weighted by molar-refractivity contribution is -0.122. The maximum absolute atomic E-state index is 11.5. The van der Waals surface area contributed by atoms with Gasteiger partial charge in [0.25, 0.3) is 0 Å². The normalized spacial score (nSPS) is 22.5. The van der Waals surface area contributed by atoms with Crippen molar-refractivity contribution in [2.24, 2.45) is 5.92 Å². The third kappa shape index (κ3) is 4.19. The van der Waals surface area contributed by atoms with Crippen molar-refractivity contribution in [1.29, 1.82) is 0 Å². The van der Waals surface area contributed by atoms with Gasteiger partial charge >= 0.3 is 0 Å². The molecule has 1 rings (SSSR count). The largest absolute Gasteiger partial charge is 0.316 e. The molecule has 0 aromatic carbocycles. The molecule has 82 valence electrons. The summed E-state index contributed by atoms with van der Waals surface area (Å²) in [5.74, 6) is 0.451. The maximum atomic E-state index is 11.5. The Balaban J connectivity index is 2.21. The van der Waals surface area contributed by atoms with E-state index in [0.717, 1.165) is 19.5 Å². The van der Waals surface area contributed by atoms with E-state index in [0.29, 0.717) is 12.8 Å². The first-order valence-electron chi connectivity index (χ1n) is 4.90. The number of nitrogens with one attached hydrogen (secondary N) is 1. The van der Waals surface area contributed by atoms with Crippen LogP contribution in [-0.2, 0) is 14.6 Å². The topological polar surface area (TPSA) is 63.2 Å². The first-order chi connectivity index (χ1) is 6.49. The molecule has 0 spiro atoms. The summed E-state index contributed by atoms with van der Waals surface area (Å²) in [6.07, 6.45) is 2.97. The van der Waals surface area contributed by atoms with E-state index >= 15 is 0 Å². The first kappa shape index (κ1) is 11.7. The summed E-state index contributed by atoms with van der Waals surface area (Å²) in [4.78, 5) is 11.5. The van der Waals surface area contributed by atoms with Crippen LogP contribution in [0, 0.1) is 5.92 Å². The lowest BCUT2D eigenvalue weighted by Gasteiger charge is -2.05. The number of hydrogen-bond donors (Lipinski definition) is 1. The third-order valence-electron chi connectivity index (χ3n) is 2.45. The molecule has 1 heterocycles. The van der Waals surface area contributed by atoms with E-state index in [9.17, 15) is 13.2 Å². The van der Waals surface area contributed by atoms with E-state index in [1.54, 1.807) is 0 Å². The Morgan fingerprint density at radius 1 is 1.50 bits per heavy atom. The van der Waals surface area contributed by atoms with E-state index in [4.69, 9.17) is 0 Å². The van der Waals surface area contributed by atoms with Crippen molar-refractivity contribution in [3.8, 4) is 0 Å². The number of ketones is 1. The highest BCUT2D eigenvalue weighted by Gasteiger charge is 2.21. The Kier molecular flexibility index (Phi) is 4.07. The molecule has 4 nitrogen and oxygen atoms in total. The number of carbonyl (C=O) groups excluding carboxylic acids is 1. The van der Waals surface area contributed by atoms with Crippen LogP contribution in [0.15, 0.2) is 0 Å². The van der Waals surface area contributed by atoms with Gasteiger partial charge in [-0.15, -0.1) is 0 Å². The average Bonchev–Trinajstić information content (AvgIpc) is 2.53. The van der Waals surface area contributed by atoms with Gasteiger partial charge in [0.2, 0.25) is 0 Å². The zero-order valence-electron chi connectivity index (χ0n) is 8.45. The molecular formula is C9H17NO3S. The van der Waals surface area contributed by atoms with Gasteiger partial charge in [-0.3, -0.25) is 4.79 Å². The summed E-state index contributed by atoms with van der Waals surface area (Å²) in [5, 5.41) is 3.12. The smallest absolute Gasteiger partial charge is 0.147 e. The Bertz CT molecular complexity index is 291. The van der Waals surface area contributed by atoms with Gasteiger partial charge in [-0.05, 0) is 19.4 Å². The second-order valence-corrected chi connectivity index (χ2v) is 6.15. The second-order valence-electron chi connectivity index (χ2n) is 3.89. The highest BCUT2D eigenvalue weighted by Crippen LogP contribution is 2.12. The van der Waals surface area contributed by atoms with Crippen LogP contribution in [0.5, 0.6) is 0 Å². The van der Waals surface area contributed by atoms with E-state index in [2.05, 4.69) is 5.32 Å². The number of Topliss-reactive ketones (excluding diaryl/α,β-unsaturated/α-hetero) is 1. The van der Waals surface area contributed by atoms with Crippen LogP contribution in [0.3, 0.4) is 0 Å². The summed E-state index contributed by atoms with van der Waals surface area (Å²) in [5.41, 5.74) is 0. The third-order valence-corrected chi connectivity index (χ3v) is 3.48. The first-order valence-corrected chi connectivity index (χ1v) is 6.96. The predicted octanol–water partition coefficient (Wildman–Crippen LogP) is -0.0102. The summed E-state index contributed by atoms with van der Waals surface area (Å²) < 4.78 is 21.6. The molecule has 0 aromatic heterocycles. The molecule has 0 bridgehead atoms. The molecular weight excluding hydrogens is 202 g/mol.